The molecule has 0 aromatic carbocycles. The average molecular weight is 264 g/mol. The highest BCUT2D eigenvalue weighted by molar-refractivity contribution is 6.36. The number of rotatable bonds is 3. The molecule has 0 aromatic rings. The predicted molar refractivity (Wildman–Crippen MR) is 67.7 cm³/mol. The van der Waals surface area contributed by atoms with Gasteiger partial charge in [-0.05, 0) is 32.2 Å². The Balaban J connectivity index is 1.97. The Kier molecular flexibility index (Phi) is 4.54. The zero-order valence-electron chi connectivity index (χ0n) is 9.41. The Bertz CT molecular complexity index is 270. The lowest BCUT2D eigenvalue weighted by Crippen LogP contribution is -2.39. The van der Waals surface area contributed by atoms with E-state index in [-0.39, 0.29) is 6.10 Å². The first-order valence-corrected chi connectivity index (χ1v) is 6.90. The van der Waals surface area contributed by atoms with Crippen LogP contribution in [0.5, 0.6) is 0 Å². The highest BCUT2D eigenvalue weighted by atomic mass is 35.5. The minimum Gasteiger partial charge on any atom is -0.393 e. The van der Waals surface area contributed by atoms with Crippen molar-refractivity contribution in [3.05, 3.63) is 10.6 Å². The molecule has 3 atom stereocenters. The number of hydrogen-bond donors (Lipinski definition) is 1. The monoisotopic (exact) mass is 263 g/mol. The van der Waals surface area contributed by atoms with Gasteiger partial charge in [-0.15, -0.1) is 0 Å². The van der Waals surface area contributed by atoms with E-state index in [0.717, 1.165) is 32.4 Å². The van der Waals surface area contributed by atoms with Crippen LogP contribution < -0.4 is 0 Å². The van der Waals surface area contributed by atoms with E-state index in [2.05, 4.69) is 4.90 Å². The fourth-order valence-corrected chi connectivity index (χ4v) is 3.40. The van der Waals surface area contributed by atoms with Gasteiger partial charge in [-0.25, -0.2) is 0 Å². The molecule has 1 N–H and O–H groups in total. The minimum atomic E-state index is -0.107. The maximum Gasteiger partial charge on any atom is 0.0583 e. The van der Waals surface area contributed by atoms with Crippen molar-refractivity contribution in [1.29, 1.82) is 0 Å². The molecule has 0 amide bonds. The van der Waals surface area contributed by atoms with Crippen LogP contribution in [-0.2, 0) is 0 Å². The molecule has 1 saturated heterocycles. The quantitative estimate of drug-likeness (QED) is 0.847. The zero-order chi connectivity index (χ0) is 11.5. The fourth-order valence-electron chi connectivity index (χ4n) is 3.18. The van der Waals surface area contributed by atoms with Gasteiger partial charge in [0, 0.05) is 29.1 Å². The molecular formula is C12H19Cl2NO. The molecule has 1 aliphatic carbocycles. The van der Waals surface area contributed by atoms with E-state index in [9.17, 15) is 5.11 Å². The Morgan fingerprint density at radius 1 is 1.31 bits per heavy atom. The normalized spacial score (nSPS) is 37.2. The van der Waals surface area contributed by atoms with Gasteiger partial charge in [0.25, 0.3) is 0 Å². The summed E-state index contributed by atoms with van der Waals surface area (Å²) < 4.78 is 0. The van der Waals surface area contributed by atoms with Crippen LogP contribution in [0.4, 0.5) is 0 Å². The van der Waals surface area contributed by atoms with Crippen LogP contribution in [0.1, 0.15) is 32.1 Å². The molecule has 0 bridgehead atoms. The number of halogens is 2. The van der Waals surface area contributed by atoms with Crippen molar-refractivity contribution < 1.29 is 5.11 Å². The number of likely N-dealkylation sites (tertiary alicyclic amines) is 1. The molecule has 3 unspecified atom stereocenters. The summed E-state index contributed by atoms with van der Waals surface area (Å²) >= 11 is 11.6. The lowest BCUT2D eigenvalue weighted by atomic mass is 9.94. The third-order valence-electron chi connectivity index (χ3n) is 3.91. The van der Waals surface area contributed by atoms with E-state index in [0.29, 0.717) is 17.0 Å². The van der Waals surface area contributed by atoms with E-state index < -0.39 is 0 Å². The van der Waals surface area contributed by atoms with Crippen molar-refractivity contribution in [2.45, 2.75) is 44.2 Å². The summed E-state index contributed by atoms with van der Waals surface area (Å²) in [6.07, 6.45) is 5.58. The molecule has 0 aromatic heterocycles. The molecule has 1 aliphatic heterocycles. The second-order valence-electron chi connectivity index (χ2n) is 4.90. The summed E-state index contributed by atoms with van der Waals surface area (Å²) in [6.45, 7) is 1.81. The van der Waals surface area contributed by atoms with Crippen LogP contribution in [0, 0.1) is 5.92 Å². The standard InChI is InChI=1S/C12H19Cl2NO/c13-7-9(14)8-15-6-2-4-11(15)10-3-1-5-12(10)16/h7,10-12,16H,1-6,8H2. The van der Waals surface area contributed by atoms with Crippen LogP contribution in [0.2, 0.25) is 0 Å². The highest BCUT2D eigenvalue weighted by Gasteiger charge is 2.38. The second kappa shape index (κ2) is 5.72. The van der Waals surface area contributed by atoms with Crippen molar-refractivity contribution in [2.24, 2.45) is 5.92 Å². The number of aliphatic hydroxyl groups is 1. The van der Waals surface area contributed by atoms with E-state index >= 15 is 0 Å². The molecule has 16 heavy (non-hydrogen) atoms. The van der Waals surface area contributed by atoms with Gasteiger partial charge in [0.1, 0.15) is 0 Å². The van der Waals surface area contributed by atoms with Crippen LogP contribution in [0.15, 0.2) is 10.6 Å². The lowest BCUT2D eigenvalue weighted by molar-refractivity contribution is 0.0786. The third-order valence-corrected chi connectivity index (χ3v) is 4.52. The Labute approximate surface area is 107 Å². The molecule has 2 aliphatic rings. The van der Waals surface area contributed by atoms with Gasteiger partial charge in [0.05, 0.1) is 6.10 Å². The first-order valence-electron chi connectivity index (χ1n) is 6.09. The van der Waals surface area contributed by atoms with Crippen LogP contribution in [0.25, 0.3) is 0 Å². The van der Waals surface area contributed by atoms with E-state index in [4.69, 9.17) is 23.2 Å². The molecule has 92 valence electrons. The predicted octanol–water partition coefficient (Wildman–Crippen LogP) is 2.93. The first-order chi connectivity index (χ1) is 7.72. The van der Waals surface area contributed by atoms with Crippen molar-refractivity contribution in [2.75, 3.05) is 13.1 Å². The van der Waals surface area contributed by atoms with Crippen LogP contribution in [-0.4, -0.2) is 35.2 Å². The van der Waals surface area contributed by atoms with Gasteiger partial charge in [0.2, 0.25) is 0 Å². The molecular weight excluding hydrogens is 245 g/mol. The average Bonchev–Trinajstić information content (AvgIpc) is 2.86. The molecule has 0 radical (unpaired) electrons. The minimum absolute atomic E-state index is 0.107. The molecule has 2 rings (SSSR count). The van der Waals surface area contributed by atoms with E-state index in [1.54, 1.807) is 0 Å². The van der Waals surface area contributed by atoms with Crippen molar-refractivity contribution in [3.63, 3.8) is 0 Å². The Morgan fingerprint density at radius 2 is 2.12 bits per heavy atom. The first kappa shape index (κ1) is 12.7. The van der Waals surface area contributed by atoms with E-state index in [1.165, 1.54) is 18.4 Å². The molecule has 2 fully saturated rings. The lowest BCUT2D eigenvalue weighted by Gasteiger charge is -2.30. The van der Waals surface area contributed by atoms with Crippen molar-refractivity contribution >= 4 is 23.2 Å². The topological polar surface area (TPSA) is 23.5 Å². The van der Waals surface area contributed by atoms with Gasteiger partial charge in [-0.1, -0.05) is 29.6 Å². The van der Waals surface area contributed by atoms with Crippen LogP contribution in [0.3, 0.4) is 0 Å². The smallest absolute Gasteiger partial charge is 0.0583 e. The maximum absolute atomic E-state index is 9.96. The molecule has 1 saturated carbocycles. The number of hydrogen-bond acceptors (Lipinski definition) is 2. The van der Waals surface area contributed by atoms with Gasteiger partial charge < -0.3 is 5.11 Å². The highest BCUT2D eigenvalue weighted by Crippen LogP contribution is 2.36. The number of aliphatic hydroxyl groups excluding tert-OH is 1. The summed E-state index contributed by atoms with van der Waals surface area (Å²) in [5.74, 6) is 0.447. The molecule has 1 heterocycles. The van der Waals surface area contributed by atoms with E-state index in [1.807, 2.05) is 0 Å². The second-order valence-corrected chi connectivity index (χ2v) is 5.60. The zero-order valence-corrected chi connectivity index (χ0v) is 10.9. The largest absolute Gasteiger partial charge is 0.393 e. The summed E-state index contributed by atoms with van der Waals surface area (Å²) in [5.41, 5.74) is 1.45. The van der Waals surface area contributed by atoms with Crippen LogP contribution >= 0.6 is 23.2 Å². The molecule has 2 nitrogen and oxygen atoms in total. The summed E-state index contributed by atoms with van der Waals surface area (Å²) in [7, 11) is 0. The fraction of sp³-hybridized carbons (Fsp3) is 0.833. The van der Waals surface area contributed by atoms with Gasteiger partial charge in [-0.3, -0.25) is 4.90 Å². The molecule has 4 heteroatoms. The summed E-state index contributed by atoms with van der Waals surface area (Å²) in [4.78, 5) is 2.38. The SMILES string of the molecule is OC1CCCC1C1CCCN1CC(Cl)=CCl. The number of nitrogens with zero attached hydrogens (tertiary/aromatic N) is 1. The van der Waals surface area contributed by atoms with Crippen molar-refractivity contribution in [3.8, 4) is 0 Å². The Morgan fingerprint density at radius 3 is 2.75 bits per heavy atom. The van der Waals surface area contributed by atoms with Gasteiger partial charge in [-0.2, -0.15) is 0 Å². The van der Waals surface area contributed by atoms with Crippen molar-refractivity contribution in [1.82, 2.24) is 4.90 Å². The Hall–Kier alpha value is 0.240. The third kappa shape index (κ3) is 2.73. The maximum atomic E-state index is 9.96. The van der Waals surface area contributed by atoms with Gasteiger partial charge >= 0.3 is 0 Å². The summed E-state index contributed by atoms with van der Waals surface area (Å²) in [5, 5.41) is 10.7. The summed E-state index contributed by atoms with van der Waals surface area (Å²) in [6, 6.07) is 0.503. The van der Waals surface area contributed by atoms with Gasteiger partial charge in [0.15, 0.2) is 0 Å². The molecule has 0 spiro atoms.